The maximum atomic E-state index is 12.2. The largest absolute Gasteiger partial charge is 0.469 e. The summed E-state index contributed by atoms with van der Waals surface area (Å²) in [5, 5.41) is 0. The highest BCUT2D eigenvalue weighted by Crippen LogP contribution is 2.36. The first kappa shape index (κ1) is 17.0. The van der Waals surface area contributed by atoms with E-state index in [2.05, 4.69) is 0 Å². The maximum absolute atomic E-state index is 12.2. The second kappa shape index (κ2) is 6.61. The van der Waals surface area contributed by atoms with Gasteiger partial charge in [0.25, 0.3) is 0 Å². The van der Waals surface area contributed by atoms with Gasteiger partial charge in [0, 0.05) is 18.5 Å². The molecule has 2 unspecified atom stereocenters. The third-order valence-corrected chi connectivity index (χ3v) is 5.78. The fraction of sp³-hybridized carbons (Fsp3) is 0.333. The minimum atomic E-state index is -1.19. The molecule has 0 saturated heterocycles. The van der Waals surface area contributed by atoms with Crippen LogP contribution in [0.2, 0.25) is 0 Å². The molecule has 0 amide bonds. The number of rotatable bonds is 4. The number of benzene rings is 1. The van der Waals surface area contributed by atoms with Crippen molar-refractivity contribution in [2.75, 3.05) is 13.4 Å². The molecule has 0 spiro atoms. The van der Waals surface area contributed by atoms with Gasteiger partial charge in [0.1, 0.15) is 0 Å². The summed E-state index contributed by atoms with van der Waals surface area (Å²) in [5.74, 6) is -0.570. The lowest BCUT2D eigenvalue weighted by atomic mass is 10.1. The molecule has 1 aromatic heterocycles. The Morgan fingerprint density at radius 2 is 2.00 bits per heavy atom. The fourth-order valence-corrected chi connectivity index (χ4v) is 4.35. The van der Waals surface area contributed by atoms with Crippen LogP contribution in [-0.4, -0.2) is 33.0 Å². The highest BCUT2D eigenvalue weighted by Gasteiger charge is 2.34. The molecule has 0 fully saturated rings. The summed E-state index contributed by atoms with van der Waals surface area (Å²) in [6, 6.07) is 9.82. The summed E-state index contributed by atoms with van der Waals surface area (Å²) < 4.78 is 19.2. The van der Waals surface area contributed by atoms with Crippen LogP contribution >= 0.6 is 12.2 Å². The number of aryl methyl sites for hydroxylation is 1. The SMILES string of the molecule is COC(=O)C1CCn2c1cc(S(C)=O)c2C(=S)c1ccc(C)cc1. The minimum absolute atomic E-state index is 0.257. The number of ether oxygens (including phenoxy) is 1. The van der Waals surface area contributed by atoms with Gasteiger partial charge in [-0.3, -0.25) is 9.00 Å². The van der Waals surface area contributed by atoms with Crippen molar-refractivity contribution in [2.45, 2.75) is 30.7 Å². The summed E-state index contributed by atoms with van der Waals surface area (Å²) in [6.07, 6.45) is 2.32. The number of methoxy groups -OCH3 is 1. The quantitative estimate of drug-likeness (QED) is 0.477. The van der Waals surface area contributed by atoms with Crippen LogP contribution in [0.1, 0.15) is 34.9 Å². The molecule has 1 aromatic carbocycles. The zero-order valence-electron chi connectivity index (χ0n) is 13.9. The van der Waals surface area contributed by atoms with Crippen LogP contribution in [0.3, 0.4) is 0 Å². The molecule has 0 aliphatic carbocycles. The molecule has 4 nitrogen and oxygen atoms in total. The lowest BCUT2D eigenvalue weighted by Crippen LogP contribution is -2.12. The first-order valence-corrected chi connectivity index (χ1v) is 9.66. The summed E-state index contributed by atoms with van der Waals surface area (Å²) in [5.41, 5.74) is 3.71. The van der Waals surface area contributed by atoms with E-state index in [9.17, 15) is 9.00 Å². The number of nitrogens with zero attached hydrogens (tertiary/aromatic N) is 1. The van der Waals surface area contributed by atoms with Crippen molar-refractivity contribution in [3.8, 4) is 0 Å². The molecule has 2 atom stereocenters. The number of thiocarbonyl (C=S) groups is 1. The standard InChI is InChI=1S/C18H19NO3S2/c1-11-4-6-12(7-5-11)17(23)16-15(24(3)21)10-14-13(18(20)22-2)8-9-19(14)16/h4-7,10,13H,8-9H2,1-3H3. The average Bonchev–Trinajstić information content (AvgIpc) is 3.13. The Kier molecular flexibility index (Phi) is 4.69. The van der Waals surface area contributed by atoms with Gasteiger partial charge in [0.05, 0.1) is 39.3 Å². The van der Waals surface area contributed by atoms with Gasteiger partial charge in [-0.15, -0.1) is 0 Å². The summed E-state index contributed by atoms with van der Waals surface area (Å²) in [6.45, 7) is 2.70. The van der Waals surface area contributed by atoms with Crippen molar-refractivity contribution in [3.63, 3.8) is 0 Å². The molecule has 0 bridgehead atoms. The topological polar surface area (TPSA) is 48.3 Å². The molecule has 126 valence electrons. The Morgan fingerprint density at radius 3 is 2.58 bits per heavy atom. The predicted octanol–water partition coefficient (Wildman–Crippen LogP) is 2.96. The van der Waals surface area contributed by atoms with Crippen molar-refractivity contribution >= 4 is 33.9 Å². The van der Waals surface area contributed by atoms with E-state index in [1.54, 1.807) is 6.26 Å². The van der Waals surface area contributed by atoms with E-state index in [1.807, 2.05) is 41.8 Å². The highest BCUT2D eigenvalue weighted by molar-refractivity contribution is 7.84. The highest BCUT2D eigenvalue weighted by atomic mass is 32.2. The Bertz CT molecular complexity index is 837. The molecule has 24 heavy (non-hydrogen) atoms. The number of aromatic nitrogens is 1. The molecular formula is C18H19NO3S2. The Labute approximate surface area is 149 Å². The second-order valence-corrected chi connectivity index (χ2v) is 7.70. The maximum Gasteiger partial charge on any atom is 0.314 e. The number of hydrogen-bond acceptors (Lipinski definition) is 4. The van der Waals surface area contributed by atoms with E-state index in [0.29, 0.717) is 22.7 Å². The molecule has 1 aliphatic rings. The second-order valence-electron chi connectivity index (χ2n) is 5.95. The number of esters is 1. The molecule has 3 rings (SSSR count). The molecule has 0 saturated carbocycles. The molecule has 6 heteroatoms. The van der Waals surface area contributed by atoms with E-state index in [-0.39, 0.29) is 11.9 Å². The third-order valence-electron chi connectivity index (χ3n) is 4.42. The van der Waals surface area contributed by atoms with Crippen LogP contribution in [-0.2, 0) is 26.9 Å². The number of fused-ring (bicyclic) bond motifs is 1. The summed E-state index contributed by atoms with van der Waals surface area (Å²) >= 11 is 5.69. The predicted molar refractivity (Wildman–Crippen MR) is 98.1 cm³/mol. The van der Waals surface area contributed by atoms with Crippen molar-refractivity contribution in [2.24, 2.45) is 0 Å². The summed E-state index contributed by atoms with van der Waals surface area (Å²) in [4.78, 5) is 13.3. The van der Waals surface area contributed by atoms with Gasteiger partial charge < -0.3 is 9.30 Å². The van der Waals surface area contributed by atoms with Crippen molar-refractivity contribution in [3.05, 3.63) is 52.8 Å². The van der Waals surface area contributed by atoms with Crippen LogP contribution in [0.15, 0.2) is 35.2 Å². The van der Waals surface area contributed by atoms with Crippen LogP contribution in [0.5, 0.6) is 0 Å². The zero-order chi connectivity index (χ0) is 17.4. The number of carbonyl (C=O) groups excluding carboxylic acids is 1. The van der Waals surface area contributed by atoms with Gasteiger partial charge in [-0.25, -0.2) is 0 Å². The van der Waals surface area contributed by atoms with Crippen LogP contribution in [0, 0.1) is 6.92 Å². The van der Waals surface area contributed by atoms with Gasteiger partial charge in [-0.2, -0.15) is 0 Å². The molecular weight excluding hydrogens is 342 g/mol. The minimum Gasteiger partial charge on any atom is -0.469 e. The molecule has 2 aromatic rings. The summed E-state index contributed by atoms with van der Waals surface area (Å²) in [7, 11) is 0.207. The Morgan fingerprint density at radius 1 is 1.33 bits per heavy atom. The molecule has 0 N–H and O–H groups in total. The van der Waals surface area contributed by atoms with Gasteiger partial charge in [0.15, 0.2) is 0 Å². The molecule has 0 radical (unpaired) electrons. The van der Waals surface area contributed by atoms with Crippen molar-refractivity contribution < 1.29 is 13.7 Å². The first-order chi connectivity index (χ1) is 11.4. The smallest absolute Gasteiger partial charge is 0.314 e. The van der Waals surface area contributed by atoms with Crippen molar-refractivity contribution in [1.29, 1.82) is 0 Å². The normalized spacial score (nSPS) is 17.4. The number of carbonyl (C=O) groups is 1. The Balaban J connectivity index is 2.11. The fourth-order valence-electron chi connectivity index (χ4n) is 3.15. The molecule has 1 aliphatic heterocycles. The monoisotopic (exact) mass is 361 g/mol. The van der Waals surface area contributed by atoms with Gasteiger partial charge in [-0.1, -0.05) is 42.0 Å². The first-order valence-electron chi connectivity index (χ1n) is 7.70. The van der Waals surface area contributed by atoms with E-state index in [4.69, 9.17) is 17.0 Å². The van der Waals surface area contributed by atoms with Gasteiger partial charge in [-0.05, 0) is 25.0 Å². The van der Waals surface area contributed by atoms with Gasteiger partial charge in [0.2, 0.25) is 0 Å². The Hall–Kier alpha value is -1.79. The van der Waals surface area contributed by atoms with Crippen LogP contribution < -0.4 is 0 Å². The molecule has 2 heterocycles. The number of hydrogen-bond donors (Lipinski definition) is 0. The van der Waals surface area contributed by atoms with E-state index in [0.717, 1.165) is 22.5 Å². The third kappa shape index (κ3) is 2.84. The van der Waals surface area contributed by atoms with Crippen LogP contribution in [0.4, 0.5) is 0 Å². The lowest BCUT2D eigenvalue weighted by molar-refractivity contribution is -0.142. The van der Waals surface area contributed by atoms with E-state index >= 15 is 0 Å². The average molecular weight is 361 g/mol. The van der Waals surface area contributed by atoms with Crippen LogP contribution in [0.25, 0.3) is 0 Å². The van der Waals surface area contributed by atoms with Crippen molar-refractivity contribution in [1.82, 2.24) is 4.57 Å². The lowest BCUT2D eigenvalue weighted by Gasteiger charge is -2.10. The van der Waals surface area contributed by atoms with E-state index < -0.39 is 10.8 Å². The van der Waals surface area contributed by atoms with Gasteiger partial charge >= 0.3 is 5.97 Å². The zero-order valence-corrected chi connectivity index (χ0v) is 15.5. The van der Waals surface area contributed by atoms with E-state index in [1.165, 1.54) is 7.11 Å².